The molecule has 0 spiro atoms. The summed E-state index contributed by atoms with van der Waals surface area (Å²) in [6.45, 7) is 2.57. The van der Waals surface area contributed by atoms with Gasteiger partial charge in [-0.05, 0) is 48.9 Å². The molecule has 3 N–H and O–H groups in total. The molecule has 4 nitrogen and oxygen atoms in total. The van der Waals surface area contributed by atoms with E-state index in [-0.39, 0.29) is 5.91 Å². The van der Waals surface area contributed by atoms with Crippen LogP contribution in [0.4, 0.5) is 11.4 Å². The third kappa shape index (κ3) is 5.33. The first-order chi connectivity index (χ1) is 10.7. The van der Waals surface area contributed by atoms with Gasteiger partial charge in [-0.1, -0.05) is 12.1 Å². The summed E-state index contributed by atoms with van der Waals surface area (Å²) in [6, 6.07) is 15.1. The Bertz CT molecular complexity index is 597. The van der Waals surface area contributed by atoms with Gasteiger partial charge < -0.3 is 15.8 Å². The monoisotopic (exact) mass is 316 g/mol. The lowest BCUT2D eigenvalue weighted by atomic mass is 10.2. The Morgan fingerprint density at radius 1 is 1.14 bits per heavy atom. The molecule has 0 heterocycles. The highest BCUT2D eigenvalue weighted by atomic mass is 32.2. The first-order valence-electron chi connectivity index (χ1n) is 7.12. The second kappa shape index (κ2) is 8.34. The number of nitrogen functional groups attached to an aromatic ring is 1. The Hall–Kier alpha value is -2.14. The van der Waals surface area contributed by atoms with Crippen molar-refractivity contribution in [3.05, 3.63) is 54.1 Å². The lowest BCUT2D eigenvalue weighted by Gasteiger charge is -2.07. The molecule has 0 atom stereocenters. The van der Waals surface area contributed by atoms with Gasteiger partial charge in [0.1, 0.15) is 5.75 Å². The van der Waals surface area contributed by atoms with E-state index in [4.69, 9.17) is 10.5 Å². The Morgan fingerprint density at radius 3 is 2.45 bits per heavy atom. The third-order valence-corrected chi connectivity index (χ3v) is 3.93. The van der Waals surface area contributed by atoms with Crippen LogP contribution >= 0.6 is 11.8 Å². The van der Waals surface area contributed by atoms with Gasteiger partial charge in [0.2, 0.25) is 5.91 Å². The van der Waals surface area contributed by atoms with E-state index in [9.17, 15) is 4.79 Å². The van der Waals surface area contributed by atoms with Crippen molar-refractivity contribution in [3.8, 4) is 5.75 Å². The molecule has 0 aromatic heterocycles. The maximum Gasteiger partial charge on any atom is 0.234 e. The fraction of sp³-hybridized carbons (Fsp3) is 0.235. The molecule has 0 unspecified atom stereocenters. The van der Waals surface area contributed by atoms with E-state index in [1.54, 1.807) is 11.8 Å². The summed E-state index contributed by atoms with van der Waals surface area (Å²) in [6.07, 6.45) is 0. The number of carbonyl (C=O) groups is 1. The standard InChI is InChI=1S/C17H20N2O2S/c1-2-21-16-9-7-15(8-10-16)19-17(20)12-22-11-13-3-5-14(18)6-4-13/h3-10H,2,11-12,18H2,1H3,(H,19,20). The Labute approximate surface area is 135 Å². The lowest BCUT2D eigenvalue weighted by molar-refractivity contribution is -0.113. The molecule has 1 amide bonds. The molecule has 0 aliphatic carbocycles. The van der Waals surface area contributed by atoms with Gasteiger partial charge in [-0.25, -0.2) is 0 Å². The summed E-state index contributed by atoms with van der Waals surface area (Å²) in [5, 5.41) is 2.87. The molecular formula is C17H20N2O2S. The van der Waals surface area contributed by atoms with Crippen molar-refractivity contribution in [2.45, 2.75) is 12.7 Å². The molecule has 0 aliphatic heterocycles. The summed E-state index contributed by atoms with van der Waals surface area (Å²) in [4.78, 5) is 11.9. The van der Waals surface area contributed by atoms with Gasteiger partial charge in [-0.3, -0.25) is 4.79 Å². The molecule has 0 aliphatic rings. The van der Waals surface area contributed by atoms with Gasteiger partial charge in [0.25, 0.3) is 0 Å². The van der Waals surface area contributed by atoms with Gasteiger partial charge in [0, 0.05) is 17.1 Å². The van der Waals surface area contributed by atoms with E-state index in [0.717, 1.165) is 28.4 Å². The second-order valence-corrected chi connectivity index (χ2v) is 5.73. The van der Waals surface area contributed by atoms with Crippen molar-refractivity contribution >= 4 is 29.0 Å². The molecule has 2 aromatic carbocycles. The van der Waals surface area contributed by atoms with Crippen LogP contribution in [0.3, 0.4) is 0 Å². The van der Waals surface area contributed by atoms with Crippen molar-refractivity contribution in [2.75, 3.05) is 23.4 Å². The average Bonchev–Trinajstić information content (AvgIpc) is 2.51. The highest BCUT2D eigenvalue weighted by molar-refractivity contribution is 7.99. The molecule has 5 heteroatoms. The molecule has 116 valence electrons. The van der Waals surface area contributed by atoms with Crippen molar-refractivity contribution in [3.63, 3.8) is 0 Å². The van der Waals surface area contributed by atoms with Gasteiger partial charge >= 0.3 is 0 Å². The number of benzene rings is 2. The van der Waals surface area contributed by atoms with Crippen LogP contribution in [-0.4, -0.2) is 18.3 Å². The number of thioether (sulfide) groups is 1. The number of nitrogens with one attached hydrogen (secondary N) is 1. The molecule has 0 fully saturated rings. The van der Waals surface area contributed by atoms with Crippen LogP contribution in [0.2, 0.25) is 0 Å². The number of anilines is 2. The molecule has 0 radical (unpaired) electrons. The minimum Gasteiger partial charge on any atom is -0.494 e. The second-order valence-electron chi connectivity index (χ2n) is 4.74. The number of nitrogens with two attached hydrogens (primary N) is 1. The zero-order chi connectivity index (χ0) is 15.8. The number of hydrogen-bond donors (Lipinski definition) is 2. The van der Waals surface area contributed by atoms with E-state index in [0.29, 0.717) is 12.4 Å². The fourth-order valence-electron chi connectivity index (χ4n) is 1.87. The summed E-state index contributed by atoms with van der Waals surface area (Å²) in [5.41, 5.74) is 8.33. The summed E-state index contributed by atoms with van der Waals surface area (Å²) < 4.78 is 5.36. The SMILES string of the molecule is CCOc1ccc(NC(=O)CSCc2ccc(N)cc2)cc1. The number of rotatable bonds is 7. The fourth-order valence-corrected chi connectivity index (χ4v) is 2.66. The molecule has 2 aromatic rings. The number of ether oxygens (including phenoxy) is 1. The van der Waals surface area contributed by atoms with E-state index in [2.05, 4.69) is 5.32 Å². The molecule has 2 rings (SSSR count). The minimum atomic E-state index is -0.00963. The Kier molecular flexibility index (Phi) is 6.15. The number of amides is 1. The van der Waals surface area contributed by atoms with E-state index in [1.165, 1.54) is 0 Å². The highest BCUT2D eigenvalue weighted by Gasteiger charge is 2.03. The van der Waals surface area contributed by atoms with Crippen molar-refractivity contribution in [1.29, 1.82) is 0 Å². The summed E-state index contributed by atoms with van der Waals surface area (Å²) >= 11 is 1.57. The van der Waals surface area contributed by atoms with Crippen LogP contribution in [0.5, 0.6) is 5.75 Å². The topological polar surface area (TPSA) is 64.3 Å². The quantitative estimate of drug-likeness (QED) is 0.767. The molecule has 22 heavy (non-hydrogen) atoms. The predicted molar refractivity (Wildman–Crippen MR) is 93.3 cm³/mol. The summed E-state index contributed by atoms with van der Waals surface area (Å²) in [7, 11) is 0. The van der Waals surface area contributed by atoms with Gasteiger partial charge in [0.05, 0.1) is 12.4 Å². The Morgan fingerprint density at radius 2 is 1.82 bits per heavy atom. The molecule has 0 saturated heterocycles. The van der Waals surface area contributed by atoms with Gasteiger partial charge in [-0.15, -0.1) is 11.8 Å². The third-order valence-electron chi connectivity index (χ3n) is 2.93. The van der Waals surface area contributed by atoms with Crippen molar-refractivity contribution in [2.24, 2.45) is 0 Å². The maximum absolute atomic E-state index is 11.9. The van der Waals surface area contributed by atoms with E-state index in [1.807, 2.05) is 55.5 Å². The normalized spacial score (nSPS) is 10.2. The van der Waals surface area contributed by atoms with Gasteiger partial charge in [0.15, 0.2) is 0 Å². The van der Waals surface area contributed by atoms with Crippen LogP contribution in [0, 0.1) is 0 Å². The number of carbonyl (C=O) groups excluding carboxylic acids is 1. The predicted octanol–water partition coefficient (Wildman–Crippen LogP) is 3.54. The van der Waals surface area contributed by atoms with Crippen LogP contribution in [0.25, 0.3) is 0 Å². The molecule has 0 bridgehead atoms. The maximum atomic E-state index is 11.9. The van der Waals surface area contributed by atoms with E-state index >= 15 is 0 Å². The Balaban J connectivity index is 1.74. The largest absolute Gasteiger partial charge is 0.494 e. The van der Waals surface area contributed by atoms with Crippen LogP contribution in [0.1, 0.15) is 12.5 Å². The first-order valence-corrected chi connectivity index (χ1v) is 8.27. The summed E-state index contributed by atoms with van der Waals surface area (Å²) in [5.74, 6) is 2.00. The smallest absolute Gasteiger partial charge is 0.234 e. The van der Waals surface area contributed by atoms with E-state index < -0.39 is 0 Å². The zero-order valence-corrected chi connectivity index (χ0v) is 13.4. The van der Waals surface area contributed by atoms with Crippen LogP contribution < -0.4 is 15.8 Å². The molecule has 0 saturated carbocycles. The minimum absolute atomic E-state index is 0.00963. The molecular weight excluding hydrogens is 296 g/mol. The average molecular weight is 316 g/mol. The zero-order valence-electron chi connectivity index (χ0n) is 12.5. The highest BCUT2D eigenvalue weighted by Crippen LogP contribution is 2.17. The van der Waals surface area contributed by atoms with Crippen LogP contribution in [0.15, 0.2) is 48.5 Å². The van der Waals surface area contributed by atoms with Crippen molar-refractivity contribution < 1.29 is 9.53 Å². The van der Waals surface area contributed by atoms with Gasteiger partial charge in [-0.2, -0.15) is 0 Å². The number of hydrogen-bond acceptors (Lipinski definition) is 4. The van der Waals surface area contributed by atoms with Crippen LogP contribution in [-0.2, 0) is 10.5 Å². The first kappa shape index (κ1) is 16.2. The lowest BCUT2D eigenvalue weighted by Crippen LogP contribution is -2.14. The van der Waals surface area contributed by atoms with Crippen molar-refractivity contribution in [1.82, 2.24) is 0 Å².